The molecular formula is C19H19N3OS. The molecule has 0 aliphatic rings. The van der Waals surface area contributed by atoms with Crippen LogP contribution in [-0.4, -0.2) is 27.8 Å². The number of hydrogen-bond donors (Lipinski definition) is 0. The summed E-state index contributed by atoms with van der Waals surface area (Å²) in [6.45, 7) is 2.61. The molecule has 1 aromatic carbocycles. The third-order valence-corrected chi connectivity index (χ3v) is 4.81. The first-order valence-corrected chi connectivity index (χ1v) is 8.75. The highest BCUT2D eigenvalue weighted by atomic mass is 32.1. The summed E-state index contributed by atoms with van der Waals surface area (Å²) in [5.74, 6) is -0.0399. The standard InChI is InChI=1S/C19H19N3OS/c1-3-18-21-15(13-24-18)12-22(2)19(23)9-8-14-10-11-20-17-7-5-4-6-16(14)17/h4-11,13H,3,12H2,1-2H3. The zero-order valence-electron chi connectivity index (χ0n) is 13.8. The van der Waals surface area contributed by atoms with Gasteiger partial charge in [-0.1, -0.05) is 25.1 Å². The molecule has 0 radical (unpaired) electrons. The Morgan fingerprint density at radius 3 is 2.92 bits per heavy atom. The SMILES string of the molecule is CCc1nc(CN(C)C(=O)C=Cc2ccnc3ccccc23)cs1. The molecule has 4 nitrogen and oxygen atoms in total. The fourth-order valence-corrected chi connectivity index (χ4v) is 3.19. The summed E-state index contributed by atoms with van der Waals surface area (Å²) >= 11 is 1.64. The number of aromatic nitrogens is 2. The van der Waals surface area contributed by atoms with Crippen LogP contribution in [0.15, 0.2) is 48.0 Å². The average molecular weight is 337 g/mol. The summed E-state index contributed by atoms with van der Waals surface area (Å²) < 4.78 is 0. The number of hydrogen-bond acceptors (Lipinski definition) is 4. The largest absolute Gasteiger partial charge is 0.336 e. The van der Waals surface area contributed by atoms with Gasteiger partial charge in [0.05, 0.1) is 22.8 Å². The molecule has 0 fully saturated rings. The molecule has 0 saturated carbocycles. The molecule has 1 amide bonds. The number of thiazole rings is 1. The molecule has 0 unspecified atom stereocenters. The first-order chi connectivity index (χ1) is 11.7. The van der Waals surface area contributed by atoms with Crippen molar-refractivity contribution in [2.75, 3.05) is 7.05 Å². The van der Waals surface area contributed by atoms with Crippen LogP contribution in [0.4, 0.5) is 0 Å². The van der Waals surface area contributed by atoms with E-state index < -0.39 is 0 Å². The number of amides is 1. The number of carbonyl (C=O) groups is 1. The second kappa shape index (κ2) is 7.36. The Morgan fingerprint density at radius 1 is 1.29 bits per heavy atom. The minimum absolute atomic E-state index is 0.0399. The monoisotopic (exact) mass is 337 g/mol. The van der Waals surface area contributed by atoms with Crippen LogP contribution in [0.2, 0.25) is 0 Å². The summed E-state index contributed by atoms with van der Waals surface area (Å²) in [6, 6.07) is 9.83. The van der Waals surface area contributed by atoms with Crippen molar-refractivity contribution in [1.29, 1.82) is 0 Å². The molecule has 122 valence electrons. The lowest BCUT2D eigenvalue weighted by Crippen LogP contribution is -2.24. The Hall–Kier alpha value is -2.53. The predicted octanol–water partition coefficient (Wildman–Crippen LogP) is 3.93. The van der Waals surface area contributed by atoms with E-state index in [-0.39, 0.29) is 5.91 Å². The molecule has 0 saturated heterocycles. The number of pyridine rings is 1. The van der Waals surface area contributed by atoms with Crippen molar-refractivity contribution in [3.8, 4) is 0 Å². The lowest BCUT2D eigenvalue weighted by atomic mass is 10.1. The van der Waals surface area contributed by atoms with E-state index in [9.17, 15) is 4.79 Å². The van der Waals surface area contributed by atoms with Gasteiger partial charge in [-0.05, 0) is 30.2 Å². The number of aryl methyl sites for hydroxylation is 1. The molecule has 0 atom stereocenters. The maximum Gasteiger partial charge on any atom is 0.246 e. The molecule has 24 heavy (non-hydrogen) atoms. The number of para-hydroxylation sites is 1. The molecule has 0 aliphatic heterocycles. The first-order valence-electron chi connectivity index (χ1n) is 7.87. The van der Waals surface area contributed by atoms with Gasteiger partial charge in [-0.25, -0.2) is 4.98 Å². The molecule has 0 bridgehead atoms. The van der Waals surface area contributed by atoms with Gasteiger partial charge in [-0.2, -0.15) is 0 Å². The fraction of sp³-hybridized carbons (Fsp3) is 0.211. The third kappa shape index (κ3) is 3.68. The number of rotatable bonds is 5. The van der Waals surface area contributed by atoms with E-state index in [1.165, 1.54) is 0 Å². The van der Waals surface area contributed by atoms with Crippen LogP contribution in [-0.2, 0) is 17.8 Å². The summed E-state index contributed by atoms with van der Waals surface area (Å²) in [4.78, 5) is 22.8. The van der Waals surface area contributed by atoms with Crippen molar-refractivity contribution in [2.24, 2.45) is 0 Å². The minimum atomic E-state index is -0.0399. The molecule has 3 aromatic rings. The van der Waals surface area contributed by atoms with E-state index in [1.54, 1.807) is 35.6 Å². The van der Waals surface area contributed by atoms with Crippen molar-refractivity contribution >= 4 is 34.2 Å². The van der Waals surface area contributed by atoms with Crippen molar-refractivity contribution in [3.63, 3.8) is 0 Å². The summed E-state index contributed by atoms with van der Waals surface area (Å²) in [6.07, 6.45) is 6.14. The Balaban J connectivity index is 1.72. The average Bonchev–Trinajstić information content (AvgIpc) is 3.07. The van der Waals surface area contributed by atoms with Crippen LogP contribution in [0.3, 0.4) is 0 Å². The van der Waals surface area contributed by atoms with Gasteiger partial charge in [0.2, 0.25) is 5.91 Å². The van der Waals surface area contributed by atoms with Crippen molar-refractivity contribution in [3.05, 3.63) is 64.2 Å². The lowest BCUT2D eigenvalue weighted by molar-refractivity contribution is -0.125. The maximum atomic E-state index is 12.3. The van der Waals surface area contributed by atoms with Crippen molar-refractivity contribution < 1.29 is 4.79 Å². The zero-order valence-corrected chi connectivity index (χ0v) is 14.6. The number of nitrogens with zero attached hydrogens (tertiary/aromatic N) is 3. The van der Waals surface area contributed by atoms with Gasteiger partial charge in [0.1, 0.15) is 0 Å². The molecule has 0 N–H and O–H groups in total. The highest BCUT2D eigenvalue weighted by Crippen LogP contribution is 2.17. The van der Waals surface area contributed by atoms with Crippen molar-refractivity contribution in [2.45, 2.75) is 19.9 Å². The maximum absolute atomic E-state index is 12.3. The summed E-state index contributed by atoms with van der Waals surface area (Å²) in [5, 5.41) is 4.16. The van der Waals surface area contributed by atoms with Gasteiger partial charge in [-0.15, -0.1) is 11.3 Å². The molecular weight excluding hydrogens is 318 g/mol. The molecule has 5 heteroatoms. The van der Waals surface area contributed by atoms with Gasteiger partial charge in [-0.3, -0.25) is 9.78 Å². The van der Waals surface area contributed by atoms with Gasteiger partial charge >= 0.3 is 0 Å². The summed E-state index contributed by atoms with van der Waals surface area (Å²) in [7, 11) is 1.79. The van der Waals surface area contributed by atoms with Gasteiger partial charge in [0, 0.05) is 30.1 Å². The molecule has 2 heterocycles. The molecule has 0 aliphatic carbocycles. The van der Waals surface area contributed by atoms with Crippen LogP contribution in [0.1, 0.15) is 23.2 Å². The predicted molar refractivity (Wildman–Crippen MR) is 98.7 cm³/mol. The lowest BCUT2D eigenvalue weighted by Gasteiger charge is -2.13. The van der Waals surface area contributed by atoms with Gasteiger partial charge in [0.25, 0.3) is 0 Å². The van der Waals surface area contributed by atoms with Crippen LogP contribution < -0.4 is 0 Å². The molecule has 3 rings (SSSR count). The van der Waals surface area contributed by atoms with E-state index in [4.69, 9.17) is 0 Å². The molecule has 2 aromatic heterocycles. The van der Waals surface area contributed by atoms with Crippen LogP contribution >= 0.6 is 11.3 Å². The Morgan fingerprint density at radius 2 is 2.12 bits per heavy atom. The Kier molecular flexibility index (Phi) is 5.01. The van der Waals surface area contributed by atoms with Gasteiger partial charge < -0.3 is 4.90 Å². The fourth-order valence-electron chi connectivity index (χ4n) is 2.46. The Bertz CT molecular complexity index is 880. The second-order valence-electron chi connectivity index (χ2n) is 5.53. The van der Waals surface area contributed by atoms with E-state index >= 15 is 0 Å². The van der Waals surface area contributed by atoms with E-state index in [2.05, 4.69) is 16.9 Å². The third-order valence-electron chi connectivity index (χ3n) is 3.77. The Labute approximate surface area is 145 Å². The van der Waals surface area contributed by atoms with E-state index in [1.807, 2.05) is 41.8 Å². The second-order valence-corrected chi connectivity index (χ2v) is 6.47. The van der Waals surface area contributed by atoms with Crippen molar-refractivity contribution in [1.82, 2.24) is 14.9 Å². The number of benzene rings is 1. The quantitative estimate of drug-likeness (QED) is 0.663. The van der Waals surface area contributed by atoms with Gasteiger partial charge in [0.15, 0.2) is 0 Å². The minimum Gasteiger partial charge on any atom is -0.336 e. The number of likely N-dealkylation sites (N-methyl/N-ethyl adjacent to an activating group) is 1. The van der Waals surface area contributed by atoms with E-state index in [0.717, 1.165) is 33.6 Å². The van der Waals surface area contributed by atoms with Crippen LogP contribution in [0, 0.1) is 0 Å². The summed E-state index contributed by atoms with van der Waals surface area (Å²) in [5.41, 5.74) is 2.86. The van der Waals surface area contributed by atoms with Crippen LogP contribution in [0.5, 0.6) is 0 Å². The molecule has 0 spiro atoms. The van der Waals surface area contributed by atoms with E-state index in [0.29, 0.717) is 6.54 Å². The first kappa shape index (κ1) is 16.3. The zero-order chi connectivity index (χ0) is 16.9. The topological polar surface area (TPSA) is 46.1 Å². The normalized spacial score (nSPS) is 11.2. The highest BCUT2D eigenvalue weighted by Gasteiger charge is 2.09. The van der Waals surface area contributed by atoms with Crippen LogP contribution in [0.25, 0.3) is 17.0 Å². The smallest absolute Gasteiger partial charge is 0.246 e. The highest BCUT2D eigenvalue weighted by molar-refractivity contribution is 7.09. The number of carbonyl (C=O) groups excluding carboxylic acids is 1. The number of fused-ring (bicyclic) bond motifs is 1.